The topological polar surface area (TPSA) is 19.4 Å². The summed E-state index contributed by atoms with van der Waals surface area (Å²) in [4.78, 5) is 0. The Morgan fingerprint density at radius 3 is 0.475 bits per heavy atom. The van der Waals surface area contributed by atoms with E-state index in [1.807, 2.05) is 0 Å². The van der Waals surface area contributed by atoms with Crippen LogP contribution in [0, 0.1) is 0 Å². The molecule has 0 spiro atoms. The molecule has 0 amide bonds. The standard InChI is InChI=1S/2C15H30FN3S/c2*16-20(17-10-4-1-5-11-17,18-12-6-2-7-13-18)19-14-8-3-9-15-19/h2*1-15H2. The first-order valence-electron chi connectivity index (χ1n) is 17.2. The summed E-state index contributed by atoms with van der Waals surface area (Å²) >= 11 is 0. The maximum absolute atomic E-state index is 16.3. The lowest BCUT2D eigenvalue weighted by molar-refractivity contribution is 0.240. The van der Waals surface area contributed by atoms with Gasteiger partial charge in [0.2, 0.25) is 0 Å². The van der Waals surface area contributed by atoms with E-state index in [4.69, 9.17) is 0 Å². The monoisotopic (exact) mass is 606 g/mol. The minimum Gasteiger partial charge on any atom is -0.220 e. The van der Waals surface area contributed by atoms with Crippen LogP contribution in [0.1, 0.15) is 116 Å². The molecule has 0 saturated carbocycles. The van der Waals surface area contributed by atoms with Gasteiger partial charge in [-0.1, -0.05) is 38.5 Å². The zero-order chi connectivity index (χ0) is 27.7. The Kier molecular flexibility index (Phi) is 12.6. The predicted octanol–water partition coefficient (Wildman–Crippen LogP) is 7.76. The van der Waals surface area contributed by atoms with Gasteiger partial charge in [-0.05, 0) is 77.0 Å². The highest BCUT2D eigenvalue weighted by atomic mass is 32.3. The van der Waals surface area contributed by atoms with Crippen molar-refractivity contribution < 1.29 is 7.77 Å². The average molecular weight is 607 g/mol. The smallest absolute Gasteiger partial charge is 0.0910 e. The van der Waals surface area contributed by atoms with E-state index in [0.29, 0.717) is 0 Å². The molecule has 6 aliphatic heterocycles. The Bertz CT molecular complexity index is 564. The first-order chi connectivity index (χ1) is 19.6. The van der Waals surface area contributed by atoms with Crippen LogP contribution < -0.4 is 0 Å². The second kappa shape index (κ2) is 15.9. The molecule has 0 aliphatic carbocycles. The molecule has 0 aromatic heterocycles. The van der Waals surface area contributed by atoms with Crippen LogP contribution >= 0.6 is 21.9 Å². The molecule has 0 radical (unpaired) electrons. The van der Waals surface area contributed by atoms with Gasteiger partial charge < -0.3 is 0 Å². The largest absolute Gasteiger partial charge is 0.220 e. The summed E-state index contributed by atoms with van der Waals surface area (Å²) < 4.78 is 46.0. The van der Waals surface area contributed by atoms with Crippen LogP contribution in [0.3, 0.4) is 0 Å². The van der Waals surface area contributed by atoms with Gasteiger partial charge >= 0.3 is 0 Å². The Labute approximate surface area is 249 Å². The fourth-order valence-electron chi connectivity index (χ4n) is 7.56. The molecule has 0 N–H and O–H groups in total. The molecule has 6 rings (SSSR count). The highest BCUT2D eigenvalue weighted by Gasteiger charge is 2.45. The van der Waals surface area contributed by atoms with Gasteiger partial charge in [0.25, 0.3) is 0 Å². The van der Waals surface area contributed by atoms with Gasteiger partial charge in [0.05, 0.1) is 21.9 Å². The second-order valence-electron chi connectivity index (χ2n) is 12.8. The Balaban J connectivity index is 0.000000161. The maximum Gasteiger partial charge on any atom is 0.0910 e. The van der Waals surface area contributed by atoms with Crippen LogP contribution in [0.5, 0.6) is 0 Å². The molecule has 0 unspecified atom stereocenters. The molecule has 0 atom stereocenters. The fraction of sp³-hybridized carbons (Fsp3) is 1.00. The summed E-state index contributed by atoms with van der Waals surface area (Å²) in [5.74, 6) is 0. The molecule has 0 aromatic carbocycles. The molecular formula is C30H60F2N6S2. The van der Waals surface area contributed by atoms with E-state index < -0.39 is 21.9 Å². The summed E-state index contributed by atoms with van der Waals surface area (Å²) in [5.41, 5.74) is 0. The van der Waals surface area contributed by atoms with E-state index >= 15 is 7.77 Å². The van der Waals surface area contributed by atoms with E-state index in [1.54, 1.807) is 0 Å². The van der Waals surface area contributed by atoms with Gasteiger partial charge in [-0.25, -0.2) is 25.8 Å². The highest BCUT2D eigenvalue weighted by Crippen LogP contribution is 2.62. The molecule has 6 aliphatic rings. The normalized spacial score (nSPS) is 29.4. The maximum atomic E-state index is 16.3. The van der Waals surface area contributed by atoms with Gasteiger partial charge in [0.15, 0.2) is 0 Å². The molecule has 6 saturated heterocycles. The third kappa shape index (κ3) is 7.51. The van der Waals surface area contributed by atoms with Gasteiger partial charge in [0.1, 0.15) is 0 Å². The van der Waals surface area contributed by atoms with E-state index in [0.717, 1.165) is 78.5 Å². The number of hydrogen-bond acceptors (Lipinski definition) is 6. The lowest BCUT2D eigenvalue weighted by Crippen LogP contribution is -2.51. The predicted molar refractivity (Wildman–Crippen MR) is 170 cm³/mol. The second-order valence-corrected chi connectivity index (χ2v) is 17.7. The van der Waals surface area contributed by atoms with Crippen molar-refractivity contribution in [1.82, 2.24) is 25.8 Å². The third-order valence-electron chi connectivity index (χ3n) is 9.86. The molecule has 40 heavy (non-hydrogen) atoms. The summed E-state index contributed by atoms with van der Waals surface area (Å²) in [7, 11) is -4.69. The van der Waals surface area contributed by atoms with Crippen molar-refractivity contribution in [3.63, 3.8) is 0 Å². The first kappa shape index (κ1) is 31.7. The van der Waals surface area contributed by atoms with E-state index in [2.05, 4.69) is 25.8 Å². The quantitative estimate of drug-likeness (QED) is 0.306. The van der Waals surface area contributed by atoms with Crippen LogP contribution in [0.15, 0.2) is 0 Å². The summed E-state index contributed by atoms with van der Waals surface area (Å²) in [5, 5.41) is 0. The van der Waals surface area contributed by atoms with Gasteiger partial charge in [-0.2, -0.15) is 0 Å². The van der Waals surface area contributed by atoms with Crippen LogP contribution in [0.25, 0.3) is 0 Å². The molecular weight excluding hydrogens is 547 g/mol. The lowest BCUT2D eigenvalue weighted by atomic mass is 10.2. The molecule has 236 valence electrons. The summed E-state index contributed by atoms with van der Waals surface area (Å²) in [6.07, 6.45) is 21.9. The van der Waals surface area contributed by atoms with Crippen molar-refractivity contribution in [3.05, 3.63) is 0 Å². The van der Waals surface area contributed by atoms with Crippen molar-refractivity contribution >= 4 is 21.9 Å². The number of hydrogen-bond donors (Lipinski definition) is 0. The van der Waals surface area contributed by atoms with Crippen molar-refractivity contribution in [3.8, 4) is 0 Å². The average Bonchev–Trinajstić information content (AvgIpc) is 3.07. The third-order valence-corrected chi connectivity index (χ3v) is 16.0. The first-order valence-corrected chi connectivity index (χ1v) is 20.0. The molecule has 6 fully saturated rings. The van der Waals surface area contributed by atoms with Crippen molar-refractivity contribution in [2.75, 3.05) is 78.5 Å². The zero-order valence-corrected chi connectivity index (χ0v) is 27.1. The van der Waals surface area contributed by atoms with Crippen LogP contribution in [0.2, 0.25) is 0 Å². The summed E-state index contributed by atoms with van der Waals surface area (Å²) in [6, 6.07) is 0. The van der Waals surface area contributed by atoms with E-state index in [1.165, 1.54) is 116 Å². The lowest BCUT2D eigenvalue weighted by Gasteiger charge is -2.56. The SMILES string of the molecule is FS(N1CCCCC1)(N1CCCCC1)N1CCCCC1.FS(N1CCCCC1)(N1CCCCC1)N1CCCCC1. The van der Waals surface area contributed by atoms with Gasteiger partial charge in [-0.3, -0.25) is 0 Å². The molecule has 0 aromatic rings. The van der Waals surface area contributed by atoms with E-state index in [9.17, 15) is 0 Å². The fourth-order valence-corrected chi connectivity index (χ4v) is 13.9. The Hall–Kier alpha value is 0.320. The van der Waals surface area contributed by atoms with Crippen LogP contribution in [0.4, 0.5) is 7.77 Å². The number of nitrogens with zero attached hydrogens (tertiary/aromatic N) is 6. The zero-order valence-electron chi connectivity index (χ0n) is 25.5. The van der Waals surface area contributed by atoms with Gasteiger partial charge in [-0.15, -0.1) is 7.77 Å². The van der Waals surface area contributed by atoms with Crippen molar-refractivity contribution in [1.29, 1.82) is 0 Å². The number of piperidine rings is 6. The number of halogens is 2. The van der Waals surface area contributed by atoms with Crippen LogP contribution in [-0.4, -0.2) is 104 Å². The number of rotatable bonds is 6. The van der Waals surface area contributed by atoms with Crippen molar-refractivity contribution in [2.24, 2.45) is 0 Å². The Morgan fingerprint density at radius 1 is 0.225 bits per heavy atom. The Morgan fingerprint density at radius 2 is 0.350 bits per heavy atom. The molecule has 6 nitrogen and oxygen atoms in total. The van der Waals surface area contributed by atoms with Gasteiger partial charge in [0, 0.05) is 78.5 Å². The minimum atomic E-state index is -2.34. The van der Waals surface area contributed by atoms with Crippen LogP contribution in [-0.2, 0) is 0 Å². The molecule has 0 bridgehead atoms. The molecule has 10 heteroatoms. The van der Waals surface area contributed by atoms with Crippen molar-refractivity contribution in [2.45, 2.75) is 116 Å². The highest BCUT2D eigenvalue weighted by molar-refractivity contribution is 8.23. The summed E-state index contributed by atoms with van der Waals surface area (Å²) in [6.45, 7) is 11.7. The molecule has 6 heterocycles. The van der Waals surface area contributed by atoms with E-state index in [-0.39, 0.29) is 0 Å². The minimum absolute atomic E-state index is 0.971.